The second-order valence-electron chi connectivity index (χ2n) is 24.5. The van der Waals surface area contributed by atoms with Crippen LogP contribution in [0.2, 0.25) is 0 Å². The van der Waals surface area contributed by atoms with E-state index < -0.39 is 138 Å². The van der Waals surface area contributed by atoms with Crippen molar-refractivity contribution in [2.45, 2.75) is 194 Å². The summed E-state index contributed by atoms with van der Waals surface area (Å²) in [4.78, 5) is 139. The Labute approximate surface area is 530 Å². The van der Waals surface area contributed by atoms with Gasteiger partial charge in [-0.1, -0.05) is 111 Å². The van der Waals surface area contributed by atoms with Gasteiger partial charge in [-0.25, -0.2) is 9.59 Å². The number of carbonyl (C=O) groups is 10. The number of primary amides is 1. The van der Waals surface area contributed by atoms with Gasteiger partial charge in [-0.2, -0.15) is 0 Å². The van der Waals surface area contributed by atoms with Gasteiger partial charge in [0, 0.05) is 53.5 Å². The van der Waals surface area contributed by atoms with Crippen molar-refractivity contribution >= 4 is 65.1 Å². The number of aliphatic hydroxyl groups excluding tert-OH is 1. The molecule has 2 aromatic carbocycles. The van der Waals surface area contributed by atoms with Gasteiger partial charge in [0.2, 0.25) is 41.4 Å². The molecule has 10 amide bonds. The van der Waals surface area contributed by atoms with Crippen molar-refractivity contribution in [3.05, 3.63) is 65.7 Å². The number of anilines is 1. The average molecular weight is 1270 g/mol. The fraction of sp³-hybridized carbons (Fsp3) is 0.656. The number of benzene rings is 2. The molecule has 1 aliphatic rings. The Balaban J connectivity index is 1.72. The number of aliphatic hydroxyl groups is 1. The number of carboxylic acid groups (broad SMARTS) is 1. The van der Waals surface area contributed by atoms with E-state index in [4.69, 9.17) is 25.1 Å². The lowest BCUT2D eigenvalue weighted by molar-refractivity contribution is -0.148. The Kier molecular flexibility index (Phi) is 32.2. The summed E-state index contributed by atoms with van der Waals surface area (Å²) in [6.45, 7) is 18.2. The summed E-state index contributed by atoms with van der Waals surface area (Å²) in [7, 11) is 7.56. The van der Waals surface area contributed by atoms with Crippen molar-refractivity contribution in [2.24, 2.45) is 35.3 Å². The third kappa shape index (κ3) is 22.8. The van der Waals surface area contributed by atoms with Crippen molar-refractivity contribution in [2.75, 3.05) is 53.8 Å². The minimum Gasteiger partial charge on any atom is -0.481 e. The zero-order valence-electron chi connectivity index (χ0n) is 55.3. The second kappa shape index (κ2) is 37.7. The third-order valence-electron chi connectivity index (χ3n) is 16.8. The molecule has 0 aromatic heterocycles. The molecule has 1 fully saturated rings. The maximum atomic E-state index is 14.8. The van der Waals surface area contributed by atoms with Crippen LogP contribution >= 0.6 is 0 Å². The Morgan fingerprint density at radius 1 is 0.722 bits per heavy atom. The van der Waals surface area contributed by atoms with E-state index in [9.17, 15) is 53.1 Å². The SMILES string of the molecule is CC[C@H](C)[C@@H]([C@@H](CC(=O)N1CCC[C@H]1[C@H](OC)[C@@H](C)C(=O)N[C@H](C)[C@@H](O)c1ccccc1)OC)N(C)C(=O)[C@@H](NC(=O)[C@H](C(C)C)N(C)C(=O)OCc1ccc(NC(=O)[C@H](CCCNC(N)=O)NC(=O)[C@@H](NC(=O)[C@H](CCC(=O)O)NC)C(C)C)cc1)C(C)C. The van der Waals surface area contributed by atoms with Crippen LogP contribution in [0.1, 0.15) is 138 Å². The highest BCUT2D eigenvalue weighted by molar-refractivity contribution is 5.99. The first kappa shape index (κ1) is 76.8. The highest BCUT2D eigenvalue weighted by atomic mass is 16.6. The predicted molar refractivity (Wildman–Crippen MR) is 339 cm³/mol. The molecule has 0 bridgehead atoms. The van der Waals surface area contributed by atoms with Crippen LogP contribution in [0.4, 0.5) is 15.3 Å². The summed E-state index contributed by atoms with van der Waals surface area (Å²) in [5.41, 5.74) is 6.72. The largest absolute Gasteiger partial charge is 0.481 e. The number of likely N-dealkylation sites (N-methyl/N-ethyl adjacent to an activating group) is 3. The number of nitrogens with one attached hydrogen (secondary N) is 7. The van der Waals surface area contributed by atoms with Crippen molar-refractivity contribution in [3.63, 3.8) is 0 Å². The predicted octanol–water partition coefficient (Wildman–Crippen LogP) is 4.04. The monoisotopic (exact) mass is 1270 g/mol. The molecule has 1 saturated heterocycles. The Hall–Kier alpha value is -7.42. The van der Waals surface area contributed by atoms with E-state index in [-0.39, 0.29) is 63.0 Å². The molecule has 11 N–H and O–H groups in total. The van der Waals surface area contributed by atoms with Crippen LogP contribution in [0.3, 0.4) is 0 Å². The zero-order valence-corrected chi connectivity index (χ0v) is 55.3. The Bertz CT molecular complexity index is 2670. The summed E-state index contributed by atoms with van der Waals surface area (Å²) in [6.07, 6.45) is -1.45. The van der Waals surface area contributed by atoms with Gasteiger partial charge in [-0.15, -0.1) is 0 Å². The van der Waals surface area contributed by atoms with Gasteiger partial charge >= 0.3 is 18.1 Å². The first-order valence-electron chi connectivity index (χ1n) is 31.2. The molecule has 26 heteroatoms. The van der Waals surface area contributed by atoms with E-state index >= 15 is 0 Å². The molecule has 2 aromatic rings. The van der Waals surface area contributed by atoms with Crippen molar-refractivity contribution in [3.8, 4) is 0 Å². The minimum absolute atomic E-state index is 0.0257. The highest BCUT2D eigenvalue weighted by Gasteiger charge is 2.44. The molecule has 26 nitrogen and oxygen atoms in total. The van der Waals surface area contributed by atoms with Crippen LogP contribution in [0, 0.1) is 29.6 Å². The smallest absolute Gasteiger partial charge is 0.410 e. The summed E-state index contributed by atoms with van der Waals surface area (Å²) in [6, 6.07) is 7.62. The summed E-state index contributed by atoms with van der Waals surface area (Å²) in [5.74, 6) is -6.74. The lowest BCUT2D eigenvalue weighted by Gasteiger charge is -2.41. The van der Waals surface area contributed by atoms with Crippen molar-refractivity contribution < 1.29 is 72.4 Å². The van der Waals surface area contributed by atoms with Crippen molar-refractivity contribution in [1.82, 2.24) is 46.6 Å². The molecule has 0 unspecified atom stereocenters. The highest BCUT2D eigenvalue weighted by Crippen LogP contribution is 2.30. The fourth-order valence-electron chi connectivity index (χ4n) is 11.4. The summed E-state index contributed by atoms with van der Waals surface area (Å²) < 4.78 is 17.7. The van der Waals surface area contributed by atoms with Crippen LogP contribution in [0.25, 0.3) is 0 Å². The van der Waals surface area contributed by atoms with Crippen LogP contribution < -0.4 is 43.0 Å². The lowest BCUT2D eigenvalue weighted by atomic mass is 9.89. The van der Waals surface area contributed by atoms with Gasteiger partial charge in [-0.3, -0.25) is 43.3 Å². The van der Waals surface area contributed by atoms with Gasteiger partial charge in [0.15, 0.2) is 0 Å². The fourth-order valence-corrected chi connectivity index (χ4v) is 11.4. The maximum Gasteiger partial charge on any atom is 0.410 e. The number of methoxy groups -OCH3 is 2. The van der Waals surface area contributed by atoms with Crippen LogP contribution in [0.15, 0.2) is 54.6 Å². The Morgan fingerprint density at radius 3 is 1.89 bits per heavy atom. The normalized spacial score (nSPS) is 17.2. The molecule has 0 saturated carbocycles. The van der Waals surface area contributed by atoms with Crippen LogP contribution in [-0.2, 0) is 59.2 Å². The lowest BCUT2D eigenvalue weighted by Crippen LogP contribution is -2.60. The number of carboxylic acids is 1. The van der Waals surface area contributed by atoms with E-state index in [1.54, 1.807) is 109 Å². The number of likely N-dealkylation sites (tertiary alicyclic amines) is 1. The standard InChI is InChI=1S/C64H103N11O15/c1-16-39(8)54(48(88-14)34-49(76)75-33-21-25-47(75)56(89-15)40(9)57(80)68-41(10)55(79)43-22-18-17-19-23-43)73(12)62(85)52(37(4)5)72-61(84)53(38(6)7)74(13)64(87)90-35-42-26-28-44(29-27-42)69-59(82)46(24-20-32-67-63(65)86)70-60(83)51(36(2)3)71-58(81)45(66-11)30-31-50(77)78/h17-19,22-23,26-29,36-41,45-48,51-56,66,79H,16,20-21,24-25,30-35H2,1-15H3,(H,68,80)(H,69,82)(H,70,83)(H,71,81)(H,72,84)(H,77,78)(H3,65,67,86)/t39-,40+,41+,45-,46-,47-,48+,51-,52-,53-,54-,55+,56+/m0/s1. The third-order valence-corrected chi connectivity index (χ3v) is 16.8. The molecule has 1 aliphatic heterocycles. The van der Waals surface area contributed by atoms with E-state index in [0.29, 0.717) is 42.6 Å². The number of nitrogens with zero attached hydrogens (tertiary/aromatic N) is 3. The molecule has 0 radical (unpaired) electrons. The zero-order chi connectivity index (χ0) is 67.7. The number of urea groups is 1. The average Bonchev–Trinajstić information content (AvgIpc) is 2.06. The minimum atomic E-state index is -1.15. The number of carbonyl (C=O) groups excluding carboxylic acids is 9. The number of aliphatic carboxylic acids is 1. The maximum absolute atomic E-state index is 14.8. The van der Waals surface area contributed by atoms with Gasteiger partial charge in [0.25, 0.3) is 0 Å². The summed E-state index contributed by atoms with van der Waals surface area (Å²) >= 11 is 0. The molecule has 504 valence electrons. The first-order valence-corrected chi connectivity index (χ1v) is 31.2. The molecular weight excluding hydrogens is 1160 g/mol. The molecule has 1 heterocycles. The van der Waals surface area contributed by atoms with Crippen LogP contribution in [-0.4, -0.2) is 193 Å². The molecule has 90 heavy (non-hydrogen) atoms. The van der Waals surface area contributed by atoms with Gasteiger partial charge < -0.3 is 77.2 Å². The van der Waals surface area contributed by atoms with E-state index in [2.05, 4.69) is 37.2 Å². The molecule has 3 rings (SSSR count). The van der Waals surface area contributed by atoms with E-state index in [0.717, 1.165) is 0 Å². The molecule has 0 spiro atoms. The number of amides is 10. The number of hydrogen-bond donors (Lipinski definition) is 10. The number of rotatable bonds is 37. The summed E-state index contributed by atoms with van der Waals surface area (Å²) in [5, 5.41) is 39.3. The van der Waals surface area contributed by atoms with Gasteiger partial charge in [0.05, 0.1) is 54.8 Å². The molecule has 13 atom stereocenters. The Morgan fingerprint density at radius 2 is 1.34 bits per heavy atom. The number of ether oxygens (including phenoxy) is 3. The molecular formula is C64H103N11O15. The first-order chi connectivity index (χ1) is 42.4. The quantitative estimate of drug-likeness (QED) is 0.0427. The van der Waals surface area contributed by atoms with E-state index in [1.165, 1.54) is 33.2 Å². The van der Waals surface area contributed by atoms with Gasteiger partial charge in [0.1, 0.15) is 30.8 Å². The number of nitrogens with two attached hydrogens (primary N) is 1. The topological polar surface area (TPSA) is 359 Å². The second-order valence-corrected chi connectivity index (χ2v) is 24.5. The number of hydrogen-bond acceptors (Lipinski definition) is 15. The van der Waals surface area contributed by atoms with Crippen LogP contribution in [0.5, 0.6) is 0 Å². The van der Waals surface area contributed by atoms with Gasteiger partial charge in [-0.05, 0) is 93.0 Å². The van der Waals surface area contributed by atoms with Crippen molar-refractivity contribution in [1.29, 1.82) is 0 Å². The molecule has 0 aliphatic carbocycles. The van der Waals surface area contributed by atoms with E-state index in [1.807, 2.05) is 32.0 Å².